The van der Waals surface area contributed by atoms with E-state index >= 15 is 0 Å². The lowest BCUT2D eigenvalue weighted by Gasteiger charge is -2.06. The Balaban J connectivity index is 2.40. The molecule has 2 N–H and O–H groups in total. The summed E-state index contributed by atoms with van der Waals surface area (Å²) in [5.41, 5.74) is 8.25. The average Bonchev–Trinajstić information content (AvgIpc) is 2.65. The predicted octanol–water partition coefficient (Wildman–Crippen LogP) is 2.54. The van der Waals surface area contributed by atoms with Crippen molar-refractivity contribution in [1.82, 2.24) is 9.78 Å². The molecule has 1 aromatic carbocycles. The molecule has 0 spiro atoms. The first-order valence-corrected chi connectivity index (χ1v) is 5.52. The molecular formula is C13H17N3. The molecule has 0 fully saturated rings. The maximum Gasteiger partial charge on any atom is 0.0870 e. The fraction of sp³-hybridized carbons (Fsp3) is 0.308. The number of benzene rings is 1. The Hall–Kier alpha value is -1.61. The maximum atomic E-state index is 6.14. The number of hydrogen-bond donors (Lipinski definition) is 1. The highest BCUT2D eigenvalue weighted by Gasteiger charge is 2.14. The van der Waals surface area contributed by atoms with Gasteiger partial charge in [-0.15, -0.1) is 6.58 Å². The average molecular weight is 215 g/mol. The van der Waals surface area contributed by atoms with E-state index in [0.717, 1.165) is 29.4 Å². The summed E-state index contributed by atoms with van der Waals surface area (Å²) in [6.07, 6.45) is 3.71. The molecule has 0 aliphatic carbocycles. The fourth-order valence-corrected chi connectivity index (χ4v) is 1.95. The molecule has 0 saturated carbocycles. The molecule has 2 aromatic rings. The van der Waals surface area contributed by atoms with Crippen molar-refractivity contribution in [3.05, 3.63) is 42.6 Å². The molecule has 3 heteroatoms. The topological polar surface area (TPSA) is 43.8 Å². The normalized spacial score (nSPS) is 12.9. The predicted molar refractivity (Wildman–Crippen MR) is 67.1 cm³/mol. The van der Waals surface area contributed by atoms with Gasteiger partial charge in [0.1, 0.15) is 0 Å². The maximum absolute atomic E-state index is 6.14. The second kappa shape index (κ2) is 4.49. The molecule has 1 unspecified atom stereocenters. The molecule has 1 aromatic heterocycles. The number of rotatable bonds is 4. The first-order chi connectivity index (χ1) is 7.74. The Morgan fingerprint density at radius 2 is 2.25 bits per heavy atom. The minimum Gasteiger partial charge on any atom is -0.323 e. The zero-order chi connectivity index (χ0) is 11.5. The Labute approximate surface area is 95.6 Å². The summed E-state index contributed by atoms with van der Waals surface area (Å²) in [4.78, 5) is 0. The standard InChI is InChI=1S/C13H17N3/c1-3-4-8-11(14)13-10-7-5-6-9-12(10)16(2)15-13/h3,5-7,9,11H,1,4,8,14H2,2H3. The second-order valence-electron chi connectivity index (χ2n) is 4.00. The summed E-state index contributed by atoms with van der Waals surface area (Å²) in [5.74, 6) is 0. The molecule has 0 aliphatic rings. The van der Waals surface area contributed by atoms with Crippen LogP contribution in [0.15, 0.2) is 36.9 Å². The van der Waals surface area contributed by atoms with E-state index in [2.05, 4.69) is 23.8 Å². The van der Waals surface area contributed by atoms with Crippen LogP contribution in [0, 0.1) is 0 Å². The summed E-state index contributed by atoms with van der Waals surface area (Å²) < 4.78 is 1.89. The SMILES string of the molecule is C=CCCC(N)c1nn(C)c2ccccc12. The van der Waals surface area contributed by atoms with Gasteiger partial charge >= 0.3 is 0 Å². The molecule has 1 atom stereocenters. The van der Waals surface area contributed by atoms with Crippen molar-refractivity contribution in [3.8, 4) is 0 Å². The number of nitrogens with zero attached hydrogens (tertiary/aromatic N) is 2. The van der Waals surface area contributed by atoms with Crippen LogP contribution in [0.2, 0.25) is 0 Å². The third-order valence-electron chi connectivity index (χ3n) is 2.82. The van der Waals surface area contributed by atoms with E-state index in [4.69, 9.17) is 5.73 Å². The quantitative estimate of drug-likeness (QED) is 0.796. The number of fused-ring (bicyclic) bond motifs is 1. The van der Waals surface area contributed by atoms with Gasteiger partial charge < -0.3 is 5.73 Å². The van der Waals surface area contributed by atoms with E-state index < -0.39 is 0 Å². The molecule has 16 heavy (non-hydrogen) atoms. The van der Waals surface area contributed by atoms with Gasteiger partial charge in [0.2, 0.25) is 0 Å². The van der Waals surface area contributed by atoms with Gasteiger partial charge in [-0.2, -0.15) is 5.10 Å². The van der Waals surface area contributed by atoms with Gasteiger partial charge in [0.05, 0.1) is 11.2 Å². The summed E-state index contributed by atoms with van der Waals surface area (Å²) >= 11 is 0. The molecule has 1 heterocycles. The smallest absolute Gasteiger partial charge is 0.0870 e. The van der Waals surface area contributed by atoms with Crippen LogP contribution < -0.4 is 5.73 Å². The molecule has 0 radical (unpaired) electrons. The van der Waals surface area contributed by atoms with Crippen molar-refractivity contribution >= 4 is 10.9 Å². The molecule has 0 aliphatic heterocycles. The van der Waals surface area contributed by atoms with E-state index in [0.29, 0.717) is 0 Å². The molecule has 0 bridgehead atoms. The molecular weight excluding hydrogens is 198 g/mol. The molecule has 0 amide bonds. The fourth-order valence-electron chi connectivity index (χ4n) is 1.95. The van der Waals surface area contributed by atoms with Crippen LogP contribution in [0.4, 0.5) is 0 Å². The zero-order valence-electron chi connectivity index (χ0n) is 9.56. The van der Waals surface area contributed by atoms with E-state index in [1.165, 1.54) is 0 Å². The second-order valence-corrected chi connectivity index (χ2v) is 4.00. The van der Waals surface area contributed by atoms with Crippen LogP contribution in [0.25, 0.3) is 10.9 Å². The van der Waals surface area contributed by atoms with E-state index in [1.54, 1.807) is 0 Å². The van der Waals surface area contributed by atoms with Crippen molar-refractivity contribution < 1.29 is 0 Å². The summed E-state index contributed by atoms with van der Waals surface area (Å²) in [6.45, 7) is 3.71. The lowest BCUT2D eigenvalue weighted by molar-refractivity contribution is 0.625. The lowest BCUT2D eigenvalue weighted by Crippen LogP contribution is -2.11. The van der Waals surface area contributed by atoms with Crippen LogP contribution in [0.5, 0.6) is 0 Å². The van der Waals surface area contributed by atoms with Gasteiger partial charge in [0.15, 0.2) is 0 Å². The van der Waals surface area contributed by atoms with Crippen LogP contribution in [0.1, 0.15) is 24.6 Å². The molecule has 84 valence electrons. The van der Waals surface area contributed by atoms with Crippen molar-refractivity contribution in [2.24, 2.45) is 12.8 Å². The Bertz CT molecular complexity index is 499. The number of nitrogens with two attached hydrogens (primary N) is 1. The Kier molecular flexibility index (Phi) is 3.06. The van der Waals surface area contributed by atoms with Crippen LogP contribution in [-0.2, 0) is 7.05 Å². The molecule has 3 nitrogen and oxygen atoms in total. The highest BCUT2D eigenvalue weighted by molar-refractivity contribution is 5.82. The monoisotopic (exact) mass is 215 g/mol. The number of para-hydroxylation sites is 1. The van der Waals surface area contributed by atoms with Crippen LogP contribution >= 0.6 is 0 Å². The van der Waals surface area contributed by atoms with E-state index in [-0.39, 0.29) is 6.04 Å². The third kappa shape index (κ3) is 1.86. The van der Waals surface area contributed by atoms with Gasteiger partial charge in [-0.25, -0.2) is 0 Å². The van der Waals surface area contributed by atoms with Crippen molar-refractivity contribution in [2.45, 2.75) is 18.9 Å². The van der Waals surface area contributed by atoms with Gasteiger partial charge in [0, 0.05) is 18.5 Å². The number of aromatic nitrogens is 2. The van der Waals surface area contributed by atoms with Gasteiger partial charge in [-0.1, -0.05) is 24.3 Å². The van der Waals surface area contributed by atoms with Gasteiger partial charge in [-0.05, 0) is 18.9 Å². The van der Waals surface area contributed by atoms with Crippen LogP contribution in [-0.4, -0.2) is 9.78 Å². The molecule has 0 saturated heterocycles. The minimum atomic E-state index is -0.0101. The molecule has 2 rings (SSSR count). The first-order valence-electron chi connectivity index (χ1n) is 5.52. The van der Waals surface area contributed by atoms with Gasteiger partial charge in [-0.3, -0.25) is 4.68 Å². The lowest BCUT2D eigenvalue weighted by atomic mass is 10.1. The highest BCUT2D eigenvalue weighted by atomic mass is 15.3. The zero-order valence-corrected chi connectivity index (χ0v) is 9.56. The Morgan fingerprint density at radius 1 is 1.50 bits per heavy atom. The van der Waals surface area contributed by atoms with Crippen molar-refractivity contribution in [2.75, 3.05) is 0 Å². The number of aryl methyl sites for hydroxylation is 1. The van der Waals surface area contributed by atoms with Crippen LogP contribution in [0.3, 0.4) is 0 Å². The Morgan fingerprint density at radius 3 is 3.00 bits per heavy atom. The first kappa shape index (κ1) is 10.9. The van der Waals surface area contributed by atoms with E-state index in [1.807, 2.05) is 29.9 Å². The third-order valence-corrected chi connectivity index (χ3v) is 2.82. The minimum absolute atomic E-state index is 0.0101. The summed E-state index contributed by atoms with van der Waals surface area (Å²) in [6, 6.07) is 8.16. The van der Waals surface area contributed by atoms with Gasteiger partial charge in [0.25, 0.3) is 0 Å². The number of allylic oxidation sites excluding steroid dienone is 1. The summed E-state index contributed by atoms with van der Waals surface area (Å²) in [7, 11) is 1.95. The van der Waals surface area contributed by atoms with E-state index in [9.17, 15) is 0 Å². The van der Waals surface area contributed by atoms with Crippen molar-refractivity contribution in [1.29, 1.82) is 0 Å². The number of hydrogen-bond acceptors (Lipinski definition) is 2. The highest BCUT2D eigenvalue weighted by Crippen LogP contribution is 2.24. The van der Waals surface area contributed by atoms with Crippen molar-refractivity contribution in [3.63, 3.8) is 0 Å². The summed E-state index contributed by atoms with van der Waals surface area (Å²) in [5, 5.41) is 5.65. The largest absolute Gasteiger partial charge is 0.323 e.